The molecule has 0 aliphatic carbocycles. The molecule has 1 heterocycles. The predicted molar refractivity (Wildman–Crippen MR) is 65.1 cm³/mol. The molecule has 0 atom stereocenters. The number of pyridine rings is 1. The number of ether oxygens (including phenoxy) is 1. The molecule has 0 saturated carbocycles. The van der Waals surface area contributed by atoms with Crippen LogP contribution < -0.4 is 5.73 Å². The largest absolute Gasteiger partial charge is 0.466 e. The minimum Gasteiger partial charge on any atom is -0.466 e. The summed E-state index contributed by atoms with van der Waals surface area (Å²) < 4.78 is 30.9. The monoisotopic (exact) mass is 322 g/mol. The lowest BCUT2D eigenvalue weighted by Crippen LogP contribution is -2.15. The SMILES string of the molecule is CCOC(=O)Cc1c(CN)ncc(Br)c1C(F)F. The van der Waals surface area contributed by atoms with Gasteiger partial charge in [-0.1, -0.05) is 0 Å². The number of rotatable bonds is 5. The minimum absolute atomic E-state index is 0.0122. The first-order valence-corrected chi connectivity index (χ1v) is 6.10. The number of carbonyl (C=O) groups is 1. The molecule has 1 aromatic heterocycles. The van der Waals surface area contributed by atoms with Gasteiger partial charge in [-0.15, -0.1) is 0 Å². The van der Waals surface area contributed by atoms with Crippen LogP contribution in [-0.2, 0) is 22.5 Å². The van der Waals surface area contributed by atoms with E-state index >= 15 is 0 Å². The van der Waals surface area contributed by atoms with Gasteiger partial charge in [0, 0.05) is 22.8 Å². The van der Waals surface area contributed by atoms with Crippen molar-refractivity contribution in [1.29, 1.82) is 0 Å². The van der Waals surface area contributed by atoms with Crippen LogP contribution in [-0.4, -0.2) is 17.6 Å². The summed E-state index contributed by atoms with van der Waals surface area (Å²) in [5.74, 6) is -0.575. The number of nitrogens with zero attached hydrogens (tertiary/aromatic N) is 1. The Morgan fingerprint density at radius 3 is 2.78 bits per heavy atom. The molecular formula is C11H13BrF2N2O2. The maximum absolute atomic E-state index is 13.0. The molecule has 4 nitrogen and oxygen atoms in total. The van der Waals surface area contributed by atoms with E-state index in [1.807, 2.05) is 0 Å². The Hall–Kier alpha value is -1.08. The maximum atomic E-state index is 13.0. The fourth-order valence-electron chi connectivity index (χ4n) is 1.55. The molecule has 1 aromatic rings. The zero-order valence-corrected chi connectivity index (χ0v) is 11.3. The highest BCUT2D eigenvalue weighted by Gasteiger charge is 2.22. The van der Waals surface area contributed by atoms with E-state index in [0.717, 1.165) is 0 Å². The molecule has 100 valence electrons. The zero-order chi connectivity index (χ0) is 13.7. The van der Waals surface area contributed by atoms with Crippen LogP contribution in [0.25, 0.3) is 0 Å². The number of esters is 1. The molecule has 0 aliphatic rings. The number of alkyl halides is 2. The Bertz CT molecular complexity index is 441. The van der Waals surface area contributed by atoms with Gasteiger partial charge in [-0.3, -0.25) is 9.78 Å². The summed E-state index contributed by atoms with van der Waals surface area (Å²) in [7, 11) is 0. The molecule has 0 fully saturated rings. The van der Waals surface area contributed by atoms with Gasteiger partial charge in [-0.05, 0) is 28.4 Å². The second-order valence-electron chi connectivity index (χ2n) is 3.43. The summed E-state index contributed by atoms with van der Waals surface area (Å²) in [6.45, 7) is 1.83. The van der Waals surface area contributed by atoms with Crippen LogP contribution in [0.5, 0.6) is 0 Å². The first-order valence-electron chi connectivity index (χ1n) is 5.31. The lowest BCUT2D eigenvalue weighted by atomic mass is 10.0. The average molecular weight is 323 g/mol. The van der Waals surface area contributed by atoms with Crippen molar-refractivity contribution in [3.8, 4) is 0 Å². The lowest BCUT2D eigenvalue weighted by Gasteiger charge is -2.13. The zero-order valence-electron chi connectivity index (χ0n) is 9.75. The van der Waals surface area contributed by atoms with Gasteiger partial charge in [0.2, 0.25) is 0 Å². The number of nitrogens with two attached hydrogens (primary N) is 1. The third kappa shape index (κ3) is 3.46. The fraction of sp³-hybridized carbons (Fsp3) is 0.455. The molecule has 0 aromatic carbocycles. The normalized spacial score (nSPS) is 10.8. The van der Waals surface area contributed by atoms with Gasteiger partial charge in [-0.2, -0.15) is 0 Å². The van der Waals surface area contributed by atoms with Crippen molar-refractivity contribution < 1.29 is 18.3 Å². The molecule has 0 aliphatic heterocycles. The molecule has 0 unspecified atom stereocenters. The van der Waals surface area contributed by atoms with Crippen molar-refractivity contribution in [2.24, 2.45) is 5.73 Å². The van der Waals surface area contributed by atoms with E-state index in [1.54, 1.807) is 6.92 Å². The Morgan fingerprint density at radius 1 is 1.61 bits per heavy atom. The third-order valence-electron chi connectivity index (χ3n) is 2.30. The van der Waals surface area contributed by atoms with Crippen LogP contribution in [0.15, 0.2) is 10.7 Å². The molecule has 0 radical (unpaired) electrons. The average Bonchev–Trinajstić information content (AvgIpc) is 2.29. The summed E-state index contributed by atoms with van der Waals surface area (Å²) in [6.07, 6.45) is -1.71. The van der Waals surface area contributed by atoms with Crippen LogP contribution in [0.2, 0.25) is 0 Å². The summed E-state index contributed by atoms with van der Waals surface area (Å²) in [5.41, 5.74) is 5.61. The summed E-state index contributed by atoms with van der Waals surface area (Å²) >= 11 is 3.00. The van der Waals surface area contributed by atoms with E-state index in [9.17, 15) is 13.6 Å². The Balaban J connectivity index is 3.19. The molecule has 2 N–H and O–H groups in total. The van der Waals surface area contributed by atoms with Crippen LogP contribution in [0.1, 0.15) is 30.2 Å². The summed E-state index contributed by atoms with van der Waals surface area (Å²) in [6, 6.07) is 0. The molecule has 0 spiro atoms. The van der Waals surface area contributed by atoms with Crippen molar-refractivity contribution in [2.75, 3.05) is 6.61 Å². The number of hydrogen-bond donors (Lipinski definition) is 1. The van der Waals surface area contributed by atoms with Crippen molar-refractivity contribution in [3.05, 3.63) is 27.5 Å². The standard InChI is InChI=1S/C11H13BrF2N2O2/c1-2-18-9(17)3-6-8(4-15)16-5-7(12)10(6)11(13)14/h5,11H,2-4,15H2,1H3. The highest BCUT2D eigenvalue weighted by Crippen LogP contribution is 2.32. The fourth-order valence-corrected chi connectivity index (χ4v) is 2.06. The smallest absolute Gasteiger partial charge is 0.310 e. The highest BCUT2D eigenvalue weighted by molar-refractivity contribution is 9.10. The Morgan fingerprint density at radius 2 is 2.28 bits per heavy atom. The van der Waals surface area contributed by atoms with E-state index in [2.05, 4.69) is 20.9 Å². The number of hydrogen-bond acceptors (Lipinski definition) is 4. The topological polar surface area (TPSA) is 65.2 Å². The van der Waals surface area contributed by atoms with Gasteiger partial charge < -0.3 is 10.5 Å². The van der Waals surface area contributed by atoms with Gasteiger partial charge in [-0.25, -0.2) is 8.78 Å². The second-order valence-corrected chi connectivity index (χ2v) is 4.29. The minimum atomic E-state index is -2.71. The van der Waals surface area contributed by atoms with Crippen LogP contribution in [0, 0.1) is 0 Å². The van der Waals surface area contributed by atoms with E-state index in [-0.39, 0.29) is 40.9 Å². The number of aromatic nitrogens is 1. The first kappa shape index (κ1) is 15.0. The highest BCUT2D eigenvalue weighted by atomic mass is 79.9. The molecular weight excluding hydrogens is 310 g/mol. The van der Waals surface area contributed by atoms with Crippen molar-refractivity contribution in [2.45, 2.75) is 26.3 Å². The van der Waals surface area contributed by atoms with Crippen LogP contribution in [0.4, 0.5) is 8.78 Å². The van der Waals surface area contributed by atoms with Gasteiger partial charge in [0.05, 0.1) is 18.7 Å². The predicted octanol–water partition coefficient (Wildman–Crippen LogP) is 2.35. The molecule has 18 heavy (non-hydrogen) atoms. The van der Waals surface area contributed by atoms with Gasteiger partial charge >= 0.3 is 5.97 Å². The maximum Gasteiger partial charge on any atom is 0.310 e. The Kier molecular flexibility index (Phi) is 5.61. The van der Waals surface area contributed by atoms with Crippen LogP contribution in [0.3, 0.4) is 0 Å². The number of halogens is 3. The molecule has 1 rings (SSSR count). The van der Waals surface area contributed by atoms with E-state index < -0.39 is 12.4 Å². The van der Waals surface area contributed by atoms with Crippen molar-refractivity contribution in [3.63, 3.8) is 0 Å². The van der Waals surface area contributed by atoms with Crippen molar-refractivity contribution in [1.82, 2.24) is 4.98 Å². The molecule has 0 saturated heterocycles. The van der Waals surface area contributed by atoms with Gasteiger partial charge in [0.1, 0.15) is 0 Å². The van der Waals surface area contributed by atoms with E-state index in [4.69, 9.17) is 10.5 Å². The van der Waals surface area contributed by atoms with Crippen LogP contribution >= 0.6 is 15.9 Å². The quantitative estimate of drug-likeness (QED) is 0.845. The van der Waals surface area contributed by atoms with E-state index in [0.29, 0.717) is 0 Å². The van der Waals surface area contributed by atoms with E-state index in [1.165, 1.54) is 6.20 Å². The molecule has 0 amide bonds. The first-order chi connectivity index (χ1) is 8.51. The number of carbonyl (C=O) groups excluding carboxylic acids is 1. The van der Waals surface area contributed by atoms with Gasteiger partial charge in [0.15, 0.2) is 0 Å². The lowest BCUT2D eigenvalue weighted by molar-refractivity contribution is -0.142. The summed E-state index contributed by atoms with van der Waals surface area (Å²) in [5, 5.41) is 0. The van der Waals surface area contributed by atoms with Crippen molar-refractivity contribution >= 4 is 21.9 Å². The van der Waals surface area contributed by atoms with Gasteiger partial charge in [0.25, 0.3) is 6.43 Å². The second kappa shape index (κ2) is 6.75. The summed E-state index contributed by atoms with van der Waals surface area (Å²) in [4.78, 5) is 15.4. The third-order valence-corrected chi connectivity index (χ3v) is 2.93. The Labute approximate surface area is 112 Å². The molecule has 0 bridgehead atoms. The molecule has 7 heteroatoms.